The molecular formula is C12H20F2N2O. The first-order valence-electron chi connectivity index (χ1n) is 5.66. The van der Waals surface area contributed by atoms with E-state index in [2.05, 4.69) is 4.98 Å². The second-order valence-corrected chi connectivity index (χ2v) is 5.32. The van der Waals surface area contributed by atoms with Gasteiger partial charge in [0.2, 0.25) is 5.89 Å². The summed E-state index contributed by atoms with van der Waals surface area (Å²) in [6, 6.07) is -0.250. The van der Waals surface area contributed by atoms with Gasteiger partial charge in [-0.1, -0.05) is 20.8 Å². The predicted octanol–water partition coefficient (Wildman–Crippen LogP) is 3.23. The Morgan fingerprint density at radius 2 is 2.00 bits per heavy atom. The van der Waals surface area contributed by atoms with Gasteiger partial charge in [-0.05, 0) is 14.0 Å². The molecule has 0 aliphatic rings. The third-order valence-electron chi connectivity index (χ3n) is 2.71. The molecule has 0 fully saturated rings. The van der Waals surface area contributed by atoms with Crippen LogP contribution in [0.2, 0.25) is 0 Å². The fraction of sp³-hybridized carbons (Fsp3) is 0.750. The highest BCUT2D eigenvalue weighted by molar-refractivity contribution is 5.07. The summed E-state index contributed by atoms with van der Waals surface area (Å²) in [6.45, 7) is 7.58. The summed E-state index contributed by atoms with van der Waals surface area (Å²) in [5.41, 5.74) is -0.119. The first-order valence-corrected chi connectivity index (χ1v) is 5.66. The quantitative estimate of drug-likeness (QED) is 0.816. The Kier molecular flexibility index (Phi) is 4.25. The van der Waals surface area contributed by atoms with E-state index in [1.807, 2.05) is 20.8 Å². The van der Waals surface area contributed by atoms with Crippen LogP contribution < -0.4 is 0 Å². The van der Waals surface area contributed by atoms with Crippen molar-refractivity contribution >= 4 is 0 Å². The summed E-state index contributed by atoms with van der Waals surface area (Å²) >= 11 is 0. The molecule has 0 aromatic carbocycles. The second kappa shape index (κ2) is 5.12. The molecular weight excluding hydrogens is 226 g/mol. The second-order valence-electron chi connectivity index (χ2n) is 5.32. The van der Waals surface area contributed by atoms with Crippen LogP contribution in [0.1, 0.15) is 45.4 Å². The lowest BCUT2D eigenvalue weighted by Gasteiger charge is -2.21. The van der Waals surface area contributed by atoms with Crippen LogP contribution in [-0.2, 0) is 5.41 Å². The van der Waals surface area contributed by atoms with Gasteiger partial charge in [-0.25, -0.2) is 13.8 Å². The van der Waals surface area contributed by atoms with Crippen molar-refractivity contribution in [3.05, 3.63) is 17.8 Å². The molecule has 0 amide bonds. The Balaban J connectivity index is 2.76. The average molecular weight is 246 g/mol. The number of oxazole rings is 1. The summed E-state index contributed by atoms with van der Waals surface area (Å²) in [7, 11) is 1.64. The largest absolute Gasteiger partial charge is 0.443 e. The van der Waals surface area contributed by atoms with Gasteiger partial charge >= 0.3 is 0 Å². The van der Waals surface area contributed by atoms with Crippen molar-refractivity contribution in [3.8, 4) is 0 Å². The van der Waals surface area contributed by atoms with Crippen LogP contribution in [0.25, 0.3) is 0 Å². The highest BCUT2D eigenvalue weighted by Gasteiger charge is 2.24. The van der Waals surface area contributed by atoms with Crippen LogP contribution in [0.15, 0.2) is 10.6 Å². The number of nitrogens with zero attached hydrogens (tertiary/aromatic N) is 2. The number of alkyl halides is 2. The average Bonchev–Trinajstić information content (AvgIpc) is 2.63. The molecule has 1 rings (SSSR count). The van der Waals surface area contributed by atoms with E-state index in [9.17, 15) is 8.78 Å². The van der Waals surface area contributed by atoms with E-state index in [1.165, 1.54) is 4.90 Å². The minimum absolute atomic E-state index is 0.119. The number of hydrogen-bond acceptors (Lipinski definition) is 3. The molecule has 0 aliphatic carbocycles. The first kappa shape index (κ1) is 14.1. The maximum atomic E-state index is 12.3. The molecule has 0 radical (unpaired) electrons. The topological polar surface area (TPSA) is 29.3 Å². The summed E-state index contributed by atoms with van der Waals surface area (Å²) in [6.07, 6.45) is -0.679. The molecule has 98 valence electrons. The van der Waals surface area contributed by atoms with Crippen molar-refractivity contribution < 1.29 is 13.2 Å². The van der Waals surface area contributed by atoms with Gasteiger partial charge in [-0.15, -0.1) is 0 Å². The smallest absolute Gasteiger partial charge is 0.251 e. The van der Waals surface area contributed by atoms with E-state index < -0.39 is 6.43 Å². The molecule has 3 nitrogen and oxygen atoms in total. The fourth-order valence-corrected chi connectivity index (χ4v) is 1.39. The standard InChI is InChI=1S/C12H20F2N2O/c1-8(16(5)7-10(13)14)11-15-6-9(17-11)12(2,3)4/h6,8,10H,7H2,1-5H3/t8-/m0/s1. The Labute approximate surface area is 101 Å². The predicted molar refractivity (Wildman–Crippen MR) is 62.3 cm³/mol. The maximum absolute atomic E-state index is 12.3. The molecule has 5 heteroatoms. The molecule has 1 aromatic rings. The van der Waals surface area contributed by atoms with Crippen molar-refractivity contribution in [3.63, 3.8) is 0 Å². The van der Waals surface area contributed by atoms with E-state index in [4.69, 9.17) is 4.42 Å². The van der Waals surface area contributed by atoms with Crippen molar-refractivity contribution in [2.45, 2.75) is 45.6 Å². The minimum atomic E-state index is -2.35. The van der Waals surface area contributed by atoms with Crippen LogP contribution in [0, 0.1) is 0 Å². The normalized spacial score (nSPS) is 14.6. The van der Waals surface area contributed by atoms with Crippen LogP contribution in [0.3, 0.4) is 0 Å². The van der Waals surface area contributed by atoms with E-state index in [0.717, 1.165) is 5.76 Å². The molecule has 0 aliphatic heterocycles. The van der Waals surface area contributed by atoms with Gasteiger partial charge in [-0.3, -0.25) is 4.90 Å². The Bertz CT molecular complexity index is 358. The molecule has 1 aromatic heterocycles. The van der Waals surface area contributed by atoms with Gasteiger partial charge in [0.1, 0.15) is 5.76 Å². The Hall–Kier alpha value is -0.970. The van der Waals surface area contributed by atoms with E-state index in [1.54, 1.807) is 20.2 Å². The summed E-state index contributed by atoms with van der Waals surface area (Å²) in [4.78, 5) is 5.69. The molecule has 17 heavy (non-hydrogen) atoms. The van der Waals surface area contributed by atoms with Gasteiger partial charge in [0.05, 0.1) is 18.8 Å². The maximum Gasteiger partial charge on any atom is 0.251 e. The lowest BCUT2D eigenvalue weighted by molar-refractivity contribution is 0.0776. The summed E-state index contributed by atoms with van der Waals surface area (Å²) < 4.78 is 30.1. The van der Waals surface area contributed by atoms with Crippen LogP contribution in [-0.4, -0.2) is 29.9 Å². The minimum Gasteiger partial charge on any atom is -0.443 e. The lowest BCUT2D eigenvalue weighted by atomic mass is 9.94. The highest BCUT2D eigenvalue weighted by Crippen LogP contribution is 2.26. The van der Waals surface area contributed by atoms with Crippen LogP contribution in [0.5, 0.6) is 0 Å². The van der Waals surface area contributed by atoms with Gasteiger partial charge in [0.15, 0.2) is 0 Å². The highest BCUT2D eigenvalue weighted by atomic mass is 19.3. The molecule has 0 saturated heterocycles. The van der Waals surface area contributed by atoms with Crippen molar-refractivity contribution in [2.75, 3.05) is 13.6 Å². The fourth-order valence-electron chi connectivity index (χ4n) is 1.39. The molecule has 0 saturated carbocycles. The zero-order chi connectivity index (χ0) is 13.2. The van der Waals surface area contributed by atoms with E-state index >= 15 is 0 Å². The zero-order valence-corrected chi connectivity index (χ0v) is 11.0. The van der Waals surface area contributed by atoms with Crippen LogP contribution >= 0.6 is 0 Å². The molecule has 0 spiro atoms. The van der Waals surface area contributed by atoms with Gasteiger partial charge in [0.25, 0.3) is 6.43 Å². The Morgan fingerprint density at radius 1 is 1.41 bits per heavy atom. The number of halogens is 2. The third kappa shape index (κ3) is 3.77. The van der Waals surface area contributed by atoms with E-state index in [-0.39, 0.29) is 18.0 Å². The van der Waals surface area contributed by atoms with Gasteiger partial charge in [0, 0.05) is 5.41 Å². The van der Waals surface area contributed by atoms with Gasteiger partial charge < -0.3 is 4.42 Å². The van der Waals surface area contributed by atoms with Crippen molar-refractivity contribution in [2.24, 2.45) is 0 Å². The molecule has 0 unspecified atom stereocenters. The van der Waals surface area contributed by atoms with Crippen molar-refractivity contribution in [1.82, 2.24) is 9.88 Å². The zero-order valence-electron chi connectivity index (χ0n) is 11.0. The molecule has 0 N–H and O–H groups in total. The first-order chi connectivity index (χ1) is 7.71. The SMILES string of the molecule is C[C@@H](c1ncc(C(C)(C)C)o1)N(C)CC(F)F. The van der Waals surface area contributed by atoms with Crippen molar-refractivity contribution in [1.29, 1.82) is 0 Å². The summed E-state index contributed by atoms with van der Waals surface area (Å²) in [5.74, 6) is 1.25. The van der Waals surface area contributed by atoms with Crippen LogP contribution in [0.4, 0.5) is 8.78 Å². The monoisotopic (exact) mass is 246 g/mol. The number of hydrogen-bond donors (Lipinski definition) is 0. The number of rotatable bonds is 4. The Morgan fingerprint density at radius 3 is 2.41 bits per heavy atom. The molecule has 1 heterocycles. The third-order valence-corrected chi connectivity index (χ3v) is 2.71. The van der Waals surface area contributed by atoms with E-state index in [0.29, 0.717) is 5.89 Å². The lowest BCUT2D eigenvalue weighted by Crippen LogP contribution is -2.27. The molecule has 0 bridgehead atoms. The molecule has 1 atom stereocenters. The number of aromatic nitrogens is 1. The summed E-state index contributed by atoms with van der Waals surface area (Å²) in [5, 5.41) is 0. The van der Waals surface area contributed by atoms with Gasteiger partial charge in [-0.2, -0.15) is 0 Å².